The monoisotopic (exact) mass is 274 g/mol. The minimum absolute atomic E-state index is 0.0918. The van der Waals surface area contributed by atoms with Gasteiger partial charge in [0.1, 0.15) is 6.04 Å². The lowest BCUT2D eigenvalue weighted by molar-refractivity contribution is -0.139. The van der Waals surface area contributed by atoms with E-state index in [1.165, 1.54) is 0 Å². The SMILES string of the molecule is O=C(NC(C(=O)O)C1CC1)c1cccc2c1CCCN2. The van der Waals surface area contributed by atoms with Crippen molar-refractivity contribution in [1.82, 2.24) is 5.32 Å². The van der Waals surface area contributed by atoms with Gasteiger partial charge in [-0.3, -0.25) is 4.79 Å². The van der Waals surface area contributed by atoms with Crippen LogP contribution < -0.4 is 10.6 Å². The highest BCUT2D eigenvalue weighted by molar-refractivity contribution is 5.99. The second kappa shape index (κ2) is 5.15. The van der Waals surface area contributed by atoms with Crippen LogP contribution in [0.5, 0.6) is 0 Å². The predicted molar refractivity (Wildman–Crippen MR) is 74.9 cm³/mol. The third-order valence-electron chi connectivity index (χ3n) is 3.99. The fourth-order valence-corrected chi connectivity index (χ4v) is 2.75. The number of benzene rings is 1. The van der Waals surface area contributed by atoms with Gasteiger partial charge >= 0.3 is 5.97 Å². The molecule has 1 aromatic carbocycles. The molecule has 1 aromatic rings. The molecule has 1 saturated carbocycles. The Morgan fingerprint density at radius 3 is 2.85 bits per heavy atom. The molecular formula is C15H18N2O3. The van der Waals surface area contributed by atoms with Gasteiger partial charge in [0, 0.05) is 17.8 Å². The molecule has 0 spiro atoms. The quantitative estimate of drug-likeness (QED) is 0.780. The average molecular weight is 274 g/mol. The van der Waals surface area contributed by atoms with E-state index in [9.17, 15) is 14.7 Å². The Labute approximate surface area is 117 Å². The van der Waals surface area contributed by atoms with Crippen LogP contribution in [-0.4, -0.2) is 29.6 Å². The topological polar surface area (TPSA) is 78.4 Å². The first kappa shape index (κ1) is 13.0. The number of nitrogens with one attached hydrogen (secondary N) is 2. The summed E-state index contributed by atoms with van der Waals surface area (Å²) in [6.45, 7) is 0.915. The molecule has 1 aliphatic heterocycles. The molecule has 1 amide bonds. The number of amides is 1. The summed E-state index contributed by atoms with van der Waals surface area (Å²) in [7, 11) is 0. The van der Waals surface area contributed by atoms with E-state index in [1.54, 1.807) is 6.07 Å². The van der Waals surface area contributed by atoms with Crippen molar-refractivity contribution in [1.29, 1.82) is 0 Å². The van der Waals surface area contributed by atoms with Gasteiger partial charge in [0.2, 0.25) is 0 Å². The number of anilines is 1. The summed E-state index contributed by atoms with van der Waals surface area (Å²) < 4.78 is 0. The van der Waals surface area contributed by atoms with Crippen LogP contribution in [-0.2, 0) is 11.2 Å². The maximum atomic E-state index is 12.4. The maximum absolute atomic E-state index is 12.4. The highest BCUT2D eigenvalue weighted by atomic mass is 16.4. The number of carbonyl (C=O) groups excluding carboxylic acids is 1. The van der Waals surface area contributed by atoms with Crippen LogP contribution in [0, 0.1) is 5.92 Å². The highest BCUT2D eigenvalue weighted by Gasteiger charge is 2.37. The molecule has 5 heteroatoms. The summed E-state index contributed by atoms with van der Waals surface area (Å²) in [5, 5.41) is 15.1. The van der Waals surface area contributed by atoms with Crippen LogP contribution in [0.2, 0.25) is 0 Å². The van der Waals surface area contributed by atoms with Gasteiger partial charge in [0.25, 0.3) is 5.91 Å². The predicted octanol–water partition coefficient (Wildman–Crippen LogP) is 1.64. The van der Waals surface area contributed by atoms with Crippen molar-refractivity contribution in [3.05, 3.63) is 29.3 Å². The lowest BCUT2D eigenvalue weighted by atomic mass is 9.97. The Hall–Kier alpha value is -2.04. The number of hydrogen-bond acceptors (Lipinski definition) is 3. The first-order chi connectivity index (χ1) is 9.66. The van der Waals surface area contributed by atoms with Gasteiger partial charge in [-0.1, -0.05) is 6.07 Å². The van der Waals surface area contributed by atoms with Crippen LogP contribution in [0.3, 0.4) is 0 Å². The minimum Gasteiger partial charge on any atom is -0.480 e. The van der Waals surface area contributed by atoms with E-state index in [-0.39, 0.29) is 11.8 Å². The van der Waals surface area contributed by atoms with Gasteiger partial charge < -0.3 is 15.7 Å². The minimum atomic E-state index is -0.941. The van der Waals surface area contributed by atoms with Crippen molar-refractivity contribution in [2.45, 2.75) is 31.7 Å². The van der Waals surface area contributed by atoms with Crippen LogP contribution in [0.1, 0.15) is 35.2 Å². The molecule has 0 bridgehead atoms. The number of hydrogen-bond donors (Lipinski definition) is 3. The van der Waals surface area contributed by atoms with Crippen LogP contribution in [0.4, 0.5) is 5.69 Å². The third kappa shape index (κ3) is 2.48. The van der Waals surface area contributed by atoms with Gasteiger partial charge in [0.15, 0.2) is 0 Å². The summed E-state index contributed by atoms with van der Waals surface area (Å²) in [6.07, 6.45) is 3.60. The first-order valence-electron chi connectivity index (χ1n) is 7.06. The van der Waals surface area contributed by atoms with E-state index >= 15 is 0 Å². The number of aliphatic carboxylic acids is 1. The van der Waals surface area contributed by atoms with E-state index in [0.717, 1.165) is 43.5 Å². The molecular weight excluding hydrogens is 256 g/mol. The Morgan fingerprint density at radius 1 is 1.35 bits per heavy atom. The van der Waals surface area contributed by atoms with E-state index < -0.39 is 12.0 Å². The number of carbonyl (C=O) groups is 2. The Kier molecular flexibility index (Phi) is 3.34. The Bertz CT molecular complexity index is 552. The Balaban J connectivity index is 1.81. The largest absolute Gasteiger partial charge is 0.480 e. The average Bonchev–Trinajstić information content (AvgIpc) is 3.28. The van der Waals surface area contributed by atoms with Crippen molar-refractivity contribution in [2.24, 2.45) is 5.92 Å². The Morgan fingerprint density at radius 2 is 2.15 bits per heavy atom. The number of carboxylic acids is 1. The molecule has 5 nitrogen and oxygen atoms in total. The molecule has 0 saturated heterocycles. The first-order valence-corrected chi connectivity index (χ1v) is 7.06. The van der Waals surface area contributed by atoms with Gasteiger partial charge in [-0.15, -0.1) is 0 Å². The second-order valence-electron chi connectivity index (χ2n) is 5.49. The van der Waals surface area contributed by atoms with Crippen LogP contribution in [0.25, 0.3) is 0 Å². The number of rotatable bonds is 4. The van der Waals surface area contributed by atoms with Crippen molar-refractivity contribution in [2.75, 3.05) is 11.9 Å². The fraction of sp³-hybridized carbons (Fsp3) is 0.467. The van der Waals surface area contributed by atoms with E-state index in [2.05, 4.69) is 10.6 Å². The zero-order chi connectivity index (χ0) is 14.1. The molecule has 1 atom stereocenters. The van der Waals surface area contributed by atoms with Gasteiger partial charge in [-0.05, 0) is 49.3 Å². The van der Waals surface area contributed by atoms with Crippen molar-refractivity contribution in [3.63, 3.8) is 0 Å². The van der Waals surface area contributed by atoms with E-state index in [0.29, 0.717) is 5.56 Å². The summed E-state index contributed by atoms with van der Waals surface area (Å²) >= 11 is 0. The summed E-state index contributed by atoms with van der Waals surface area (Å²) in [6, 6.07) is 4.81. The smallest absolute Gasteiger partial charge is 0.326 e. The molecule has 3 N–H and O–H groups in total. The summed E-state index contributed by atoms with van der Waals surface area (Å²) in [5.41, 5.74) is 2.58. The standard InChI is InChI=1S/C15H18N2O3/c18-14(17-13(15(19)20)9-6-7-9)11-3-1-5-12-10(11)4-2-8-16-12/h1,3,5,9,13,16H,2,4,6-8H2,(H,17,18)(H,19,20). The molecule has 1 heterocycles. The van der Waals surface area contributed by atoms with E-state index in [1.807, 2.05) is 12.1 Å². The van der Waals surface area contributed by atoms with Crippen molar-refractivity contribution < 1.29 is 14.7 Å². The zero-order valence-corrected chi connectivity index (χ0v) is 11.2. The molecule has 3 rings (SSSR count). The third-order valence-corrected chi connectivity index (χ3v) is 3.99. The fourth-order valence-electron chi connectivity index (χ4n) is 2.75. The van der Waals surface area contributed by atoms with Gasteiger partial charge in [0.05, 0.1) is 0 Å². The second-order valence-corrected chi connectivity index (χ2v) is 5.49. The normalized spacial score (nSPS) is 18.6. The van der Waals surface area contributed by atoms with E-state index in [4.69, 9.17) is 0 Å². The maximum Gasteiger partial charge on any atom is 0.326 e. The molecule has 0 radical (unpaired) electrons. The molecule has 106 valence electrons. The van der Waals surface area contributed by atoms with Crippen molar-refractivity contribution in [3.8, 4) is 0 Å². The molecule has 1 fully saturated rings. The lowest BCUT2D eigenvalue weighted by Crippen LogP contribution is -2.42. The number of fused-ring (bicyclic) bond motifs is 1. The zero-order valence-electron chi connectivity index (χ0n) is 11.2. The molecule has 2 aliphatic rings. The molecule has 20 heavy (non-hydrogen) atoms. The number of carboxylic acid groups (broad SMARTS) is 1. The summed E-state index contributed by atoms with van der Waals surface area (Å²) in [5.74, 6) is -1.12. The molecule has 0 aromatic heterocycles. The highest BCUT2D eigenvalue weighted by Crippen LogP contribution is 2.33. The van der Waals surface area contributed by atoms with Crippen LogP contribution >= 0.6 is 0 Å². The lowest BCUT2D eigenvalue weighted by Gasteiger charge is -2.21. The van der Waals surface area contributed by atoms with Crippen molar-refractivity contribution >= 4 is 17.6 Å². The molecule has 1 unspecified atom stereocenters. The van der Waals surface area contributed by atoms with Gasteiger partial charge in [-0.25, -0.2) is 4.79 Å². The summed E-state index contributed by atoms with van der Waals surface area (Å²) in [4.78, 5) is 23.6. The van der Waals surface area contributed by atoms with Gasteiger partial charge in [-0.2, -0.15) is 0 Å². The van der Waals surface area contributed by atoms with Crippen LogP contribution in [0.15, 0.2) is 18.2 Å². The molecule has 1 aliphatic carbocycles.